The van der Waals surface area contributed by atoms with Crippen LogP contribution in [0.5, 0.6) is 11.5 Å². The van der Waals surface area contributed by atoms with E-state index in [0.29, 0.717) is 11.5 Å². The van der Waals surface area contributed by atoms with E-state index in [0.717, 1.165) is 88.3 Å². The van der Waals surface area contributed by atoms with E-state index in [2.05, 4.69) is 75.8 Å². The Morgan fingerprint density at radius 1 is 0.383 bits per heavy atom. The van der Waals surface area contributed by atoms with Crippen LogP contribution in [0.25, 0.3) is 22.7 Å². The first-order chi connectivity index (χ1) is 27.7. The summed E-state index contributed by atoms with van der Waals surface area (Å²) in [5.41, 5.74) is 10.5. The van der Waals surface area contributed by atoms with Gasteiger partial charge in [0.05, 0.1) is 22.8 Å². The van der Waals surface area contributed by atoms with Gasteiger partial charge in [-0.25, -0.2) is 0 Å². The fourth-order valence-corrected chi connectivity index (χ4v) is 6.81. The smallest absolute Gasteiger partial charge is 0.509 e. The average Bonchev–Trinajstić information content (AvgIpc) is 4.08. The van der Waals surface area contributed by atoms with E-state index in [4.69, 9.17) is 14.9 Å². The third kappa shape index (κ3) is 9.63. The van der Waals surface area contributed by atoms with E-state index in [1.54, 1.807) is 0 Å². The SMILES string of the molecule is [CH3-].[Pt+2].[Pt+2].[Pt].[c-]1c2cccc1-n1ccc(n1)CCc1ccn(n1)-c1[c-]c(ccc1)N2c1ccccc1.[c-]1c2cccc1-n1ccc(n1)CCc1ccn(n1)-c1[c-]c(ccc1)O2. The summed E-state index contributed by atoms with van der Waals surface area (Å²) in [5, 5.41) is 18.8. The molecule has 11 rings (SSSR count). The number of hydrogen-bond acceptors (Lipinski definition) is 6. The molecule has 0 aliphatic carbocycles. The Morgan fingerprint density at radius 3 is 1.10 bits per heavy atom. The quantitative estimate of drug-likeness (QED) is 0.153. The first-order valence-corrected chi connectivity index (χ1v) is 18.5. The van der Waals surface area contributed by atoms with Gasteiger partial charge in [0, 0.05) is 63.0 Å². The van der Waals surface area contributed by atoms with Gasteiger partial charge in [0.1, 0.15) is 0 Å². The molecular formula is C47H36N9OPt3-. The molecule has 0 spiro atoms. The number of rotatable bonds is 1. The summed E-state index contributed by atoms with van der Waals surface area (Å²) >= 11 is 0. The van der Waals surface area contributed by atoms with Crippen LogP contribution in [0.2, 0.25) is 0 Å². The van der Waals surface area contributed by atoms with Crippen molar-refractivity contribution in [3.8, 4) is 34.2 Å². The Labute approximate surface area is 392 Å². The topological polar surface area (TPSA) is 83.8 Å². The van der Waals surface area contributed by atoms with E-state index < -0.39 is 0 Å². The van der Waals surface area contributed by atoms with Crippen LogP contribution in [0.4, 0.5) is 17.1 Å². The van der Waals surface area contributed by atoms with Crippen LogP contribution in [-0.2, 0) is 88.9 Å². The van der Waals surface area contributed by atoms with Crippen molar-refractivity contribution in [3.05, 3.63) is 207 Å². The number of para-hydroxylation sites is 1. The number of hydrogen-bond donors (Lipinski definition) is 0. The molecular weight excluding hydrogens is 1290 g/mol. The number of anilines is 3. The van der Waals surface area contributed by atoms with Crippen molar-refractivity contribution in [3.63, 3.8) is 0 Å². The van der Waals surface area contributed by atoms with E-state index in [9.17, 15) is 0 Å². The van der Waals surface area contributed by atoms with Gasteiger partial charge in [-0.3, -0.25) is 18.7 Å². The van der Waals surface area contributed by atoms with Crippen molar-refractivity contribution in [1.29, 1.82) is 0 Å². The molecule has 4 aromatic heterocycles. The molecule has 6 heterocycles. The number of fused-ring (bicyclic) bond motifs is 20. The van der Waals surface area contributed by atoms with Crippen LogP contribution in [0.15, 0.2) is 152 Å². The molecule has 9 aromatic rings. The van der Waals surface area contributed by atoms with E-state index >= 15 is 0 Å². The zero-order valence-electron chi connectivity index (χ0n) is 32.1. The first-order valence-electron chi connectivity index (χ1n) is 18.5. The van der Waals surface area contributed by atoms with Crippen LogP contribution < -0.4 is 9.64 Å². The molecule has 10 nitrogen and oxygen atoms in total. The molecule has 0 amide bonds. The molecule has 2 aliphatic rings. The van der Waals surface area contributed by atoms with Gasteiger partial charge in [-0.05, 0) is 84.8 Å². The van der Waals surface area contributed by atoms with Crippen molar-refractivity contribution in [2.45, 2.75) is 25.7 Å². The molecule has 5 aromatic carbocycles. The van der Waals surface area contributed by atoms with Crippen LogP contribution in [0.3, 0.4) is 0 Å². The normalized spacial score (nSPS) is 12.0. The Kier molecular flexibility index (Phi) is 14.6. The zero-order valence-corrected chi connectivity index (χ0v) is 39.0. The molecule has 0 saturated carbocycles. The van der Waals surface area contributed by atoms with Gasteiger partial charge >= 0.3 is 42.1 Å². The van der Waals surface area contributed by atoms with Crippen molar-refractivity contribution in [2.75, 3.05) is 4.90 Å². The summed E-state index contributed by atoms with van der Waals surface area (Å²) in [5.74, 6) is 1.25. The molecule has 16 bridgehead atoms. The maximum atomic E-state index is 5.94. The molecule has 306 valence electrons. The summed E-state index contributed by atoms with van der Waals surface area (Å²) < 4.78 is 13.4. The van der Waals surface area contributed by atoms with Crippen LogP contribution >= 0.6 is 0 Å². The Hall–Kier alpha value is -5.40. The molecule has 0 atom stereocenters. The molecule has 0 unspecified atom stereocenters. The van der Waals surface area contributed by atoms with Crippen LogP contribution in [0, 0.1) is 31.7 Å². The van der Waals surface area contributed by atoms with Gasteiger partial charge in [0.2, 0.25) is 0 Å². The van der Waals surface area contributed by atoms with Crippen molar-refractivity contribution in [2.24, 2.45) is 0 Å². The monoisotopic (exact) mass is 1330 g/mol. The largest absolute Gasteiger partial charge is 2.00 e. The molecule has 0 saturated heterocycles. The Balaban J connectivity index is 0.000000192. The number of aryl methyl sites for hydroxylation is 4. The van der Waals surface area contributed by atoms with E-state index in [1.165, 1.54) is 0 Å². The summed E-state index contributed by atoms with van der Waals surface area (Å²) in [4.78, 5) is 2.15. The molecule has 2 aliphatic heterocycles. The van der Waals surface area contributed by atoms with E-state index in [-0.39, 0.29) is 70.6 Å². The van der Waals surface area contributed by atoms with Gasteiger partial charge in [-0.15, -0.1) is 72.8 Å². The molecule has 60 heavy (non-hydrogen) atoms. The zero-order chi connectivity index (χ0) is 37.3. The molecule has 0 fully saturated rings. The minimum atomic E-state index is 0. The summed E-state index contributed by atoms with van der Waals surface area (Å²) in [6.07, 6.45) is 11.2. The van der Waals surface area contributed by atoms with Gasteiger partial charge < -0.3 is 17.1 Å². The minimum absolute atomic E-state index is 0. The van der Waals surface area contributed by atoms with E-state index in [1.807, 2.05) is 135 Å². The Morgan fingerprint density at radius 2 is 0.717 bits per heavy atom. The van der Waals surface area contributed by atoms with Crippen molar-refractivity contribution < 1.29 is 67.9 Å². The molecule has 0 N–H and O–H groups in total. The van der Waals surface area contributed by atoms with Gasteiger partial charge in [-0.1, -0.05) is 29.6 Å². The van der Waals surface area contributed by atoms with Crippen LogP contribution in [-0.4, -0.2) is 39.1 Å². The predicted octanol–water partition coefficient (Wildman–Crippen LogP) is 9.22. The van der Waals surface area contributed by atoms with Crippen molar-refractivity contribution >= 4 is 17.1 Å². The summed E-state index contributed by atoms with van der Waals surface area (Å²) in [6, 6.07) is 55.9. The minimum Gasteiger partial charge on any atom is -0.509 e. The maximum Gasteiger partial charge on any atom is 2.00 e. The Bertz CT molecular complexity index is 2620. The number of nitrogens with zero attached hydrogens (tertiary/aromatic N) is 9. The fourth-order valence-electron chi connectivity index (χ4n) is 6.81. The number of benzene rings is 5. The second-order valence-corrected chi connectivity index (χ2v) is 13.4. The predicted molar refractivity (Wildman–Crippen MR) is 219 cm³/mol. The maximum absolute atomic E-state index is 5.94. The standard InChI is InChI=1S/C26H19N5.C20H14N4O.CH3.3Pt/c1-2-6-22(7-3-1)31-25-10-4-8-23(18-25)29-16-14-20(27-29)12-13-21-15-17-30(28-21)24-9-5-11-26(31)19-24;1-3-17-13-19(5-1)25-20-6-2-4-18(14-20)24-12-10-16(22-24)8-7-15-9-11-23(17)21-15;;;;/h1-11,14-17H,12-13H2;1-6,9-12H,7-8H2;1H3;;;/q2*-2;-1;;2*+2. The average molecular weight is 1330 g/mol. The van der Waals surface area contributed by atoms with Crippen molar-refractivity contribution in [1.82, 2.24) is 39.1 Å². The number of aromatic nitrogens is 8. The van der Waals surface area contributed by atoms with Gasteiger partial charge in [0.15, 0.2) is 0 Å². The number of ether oxygens (including phenoxy) is 1. The third-order valence-electron chi connectivity index (χ3n) is 9.59. The molecule has 13 heteroatoms. The fraction of sp³-hybridized carbons (Fsp3) is 0.0851. The summed E-state index contributed by atoms with van der Waals surface area (Å²) in [6.45, 7) is 0. The van der Waals surface area contributed by atoms with Gasteiger partial charge in [-0.2, -0.15) is 44.7 Å². The third-order valence-corrected chi connectivity index (χ3v) is 9.59. The second kappa shape index (κ2) is 19.8. The van der Waals surface area contributed by atoms with Gasteiger partial charge in [0.25, 0.3) is 0 Å². The summed E-state index contributed by atoms with van der Waals surface area (Å²) in [7, 11) is 0. The van der Waals surface area contributed by atoms with Crippen LogP contribution in [0.1, 0.15) is 22.8 Å². The molecule has 0 radical (unpaired) electrons. The second-order valence-electron chi connectivity index (χ2n) is 13.4. The first kappa shape index (κ1) is 44.2.